The minimum absolute atomic E-state index is 0.745. The van der Waals surface area contributed by atoms with Crippen molar-refractivity contribution < 1.29 is 0 Å². The Morgan fingerprint density at radius 3 is 2.82 bits per heavy atom. The Labute approximate surface area is 130 Å². The van der Waals surface area contributed by atoms with Crippen molar-refractivity contribution in [1.82, 2.24) is 19.9 Å². The number of thiazole rings is 1. The van der Waals surface area contributed by atoms with Crippen LogP contribution < -0.4 is 5.32 Å². The van der Waals surface area contributed by atoms with Gasteiger partial charge in [-0.1, -0.05) is 12.1 Å². The molecule has 1 N–H and O–H groups in total. The lowest BCUT2D eigenvalue weighted by Gasteiger charge is -2.08. The summed E-state index contributed by atoms with van der Waals surface area (Å²) in [7, 11) is 0. The summed E-state index contributed by atoms with van der Waals surface area (Å²) in [5.74, 6) is 1.50. The van der Waals surface area contributed by atoms with Crippen LogP contribution in [-0.2, 0) is 0 Å². The van der Waals surface area contributed by atoms with Gasteiger partial charge in [0.25, 0.3) is 0 Å². The van der Waals surface area contributed by atoms with Gasteiger partial charge < -0.3 is 5.32 Å². The topological polar surface area (TPSA) is 63.6 Å². The molecule has 0 bridgehead atoms. The van der Waals surface area contributed by atoms with Crippen molar-refractivity contribution in [1.29, 1.82) is 0 Å². The second-order valence-corrected chi connectivity index (χ2v) is 5.55. The number of benzene rings is 1. The molecule has 0 aliphatic rings. The molecule has 0 amide bonds. The summed E-state index contributed by atoms with van der Waals surface area (Å²) < 4.78 is 0. The number of nitrogens with zero attached hydrogens (tertiary/aromatic N) is 4. The van der Waals surface area contributed by atoms with E-state index in [0.29, 0.717) is 0 Å². The predicted octanol–water partition coefficient (Wildman–Crippen LogP) is 3.89. The van der Waals surface area contributed by atoms with E-state index in [1.54, 1.807) is 23.9 Å². The van der Waals surface area contributed by atoms with Gasteiger partial charge in [0.15, 0.2) is 0 Å². The van der Waals surface area contributed by atoms with Crippen LogP contribution in [0.3, 0.4) is 0 Å². The summed E-state index contributed by atoms with van der Waals surface area (Å²) in [4.78, 5) is 18.2. The number of anilines is 2. The van der Waals surface area contributed by atoms with Crippen molar-refractivity contribution in [3.05, 3.63) is 60.6 Å². The molecule has 106 valence electrons. The smallest absolute Gasteiger partial charge is 0.142 e. The minimum atomic E-state index is 0.745. The summed E-state index contributed by atoms with van der Waals surface area (Å²) >= 11 is 1.61. The highest BCUT2D eigenvalue weighted by atomic mass is 32.1. The highest BCUT2D eigenvalue weighted by Gasteiger charge is 2.07. The zero-order valence-electron chi connectivity index (χ0n) is 11.5. The van der Waals surface area contributed by atoms with Gasteiger partial charge in [0, 0.05) is 17.8 Å². The van der Waals surface area contributed by atoms with Gasteiger partial charge in [-0.05, 0) is 29.8 Å². The van der Waals surface area contributed by atoms with Crippen LogP contribution in [0.15, 0.2) is 60.6 Å². The maximum atomic E-state index is 4.35. The first-order valence-corrected chi connectivity index (χ1v) is 7.60. The molecule has 0 saturated carbocycles. The molecular formula is C16H11N5S. The monoisotopic (exact) mass is 305 g/mol. The lowest BCUT2D eigenvalue weighted by atomic mass is 10.1. The molecule has 0 radical (unpaired) electrons. The molecule has 22 heavy (non-hydrogen) atoms. The molecule has 6 heteroatoms. The largest absolute Gasteiger partial charge is 0.324 e. The first-order valence-electron chi connectivity index (χ1n) is 6.72. The van der Waals surface area contributed by atoms with Gasteiger partial charge in [-0.3, -0.25) is 4.98 Å². The highest BCUT2D eigenvalue weighted by molar-refractivity contribution is 7.13. The van der Waals surface area contributed by atoms with Gasteiger partial charge in [0.1, 0.15) is 18.0 Å². The molecule has 3 heterocycles. The molecule has 5 nitrogen and oxygen atoms in total. The van der Waals surface area contributed by atoms with E-state index < -0.39 is 0 Å². The lowest BCUT2D eigenvalue weighted by molar-refractivity contribution is 1.20. The van der Waals surface area contributed by atoms with Gasteiger partial charge in [0.05, 0.1) is 15.9 Å². The van der Waals surface area contributed by atoms with Gasteiger partial charge in [-0.2, -0.15) is 0 Å². The van der Waals surface area contributed by atoms with Crippen molar-refractivity contribution in [2.45, 2.75) is 0 Å². The molecule has 0 unspecified atom stereocenters. The number of fused-ring (bicyclic) bond motifs is 1. The molecule has 0 saturated heterocycles. The molecule has 0 aliphatic heterocycles. The first-order chi connectivity index (χ1) is 10.9. The molecule has 0 spiro atoms. The fourth-order valence-electron chi connectivity index (χ4n) is 2.23. The number of rotatable bonds is 3. The van der Waals surface area contributed by atoms with Crippen molar-refractivity contribution in [3.8, 4) is 10.4 Å². The molecule has 0 aliphatic carbocycles. The van der Waals surface area contributed by atoms with E-state index in [1.807, 2.05) is 42.0 Å². The van der Waals surface area contributed by atoms with Crippen LogP contribution in [0.5, 0.6) is 0 Å². The van der Waals surface area contributed by atoms with E-state index >= 15 is 0 Å². The maximum Gasteiger partial charge on any atom is 0.142 e. The van der Waals surface area contributed by atoms with E-state index in [2.05, 4.69) is 31.3 Å². The van der Waals surface area contributed by atoms with Crippen molar-refractivity contribution in [2.75, 3.05) is 5.32 Å². The third-order valence-corrected chi connectivity index (χ3v) is 4.09. The van der Waals surface area contributed by atoms with Crippen LogP contribution in [-0.4, -0.2) is 19.9 Å². The summed E-state index contributed by atoms with van der Waals surface area (Å²) in [6.45, 7) is 0. The lowest BCUT2D eigenvalue weighted by Crippen LogP contribution is -1.97. The number of nitrogens with one attached hydrogen (secondary N) is 1. The van der Waals surface area contributed by atoms with E-state index in [4.69, 9.17) is 0 Å². The fraction of sp³-hybridized carbons (Fsp3) is 0. The molecule has 4 rings (SSSR count). The number of pyridine rings is 1. The standard InChI is InChI=1S/C16H11N5S/c1-2-6-18-15(3-1)21-16-12-7-11(14-8-17-10-22-14)4-5-13(12)19-9-20-16/h1-10H,(H,18,19,20,21). The number of hydrogen-bond donors (Lipinski definition) is 1. The molecule has 4 aromatic rings. The zero-order chi connectivity index (χ0) is 14.8. The Bertz CT molecular complexity index is 906. The van der Waals surface area contributed by atoms with Crippen LogP contribution >= 0.6 is 11.3 Å². The van der Waals surface area contributed by atoms with Gasteiger partial charge in [-0.25, -0.2) is 15.0 Å². The zero-order valence-corrected chi connectivity index (χ0v) is 12.3. The second-order valence-electron chi connectivity index (χ2n) is 4.66. The third-order valence-electron chi connectivity index (χ3n) is 3.26. The molecule has 0 atom stereocenters. The normalized spacial score (nSPS) is 10.7. The minimum Gasteiger partial charge on any atom is -0.324 e. The Kier molecular flexibility index (Phi) is 3.21. The summed E-state index contributed by atoms with van der Waals surface area (Å²) in [5.41, 5.74) is 3.82. The summed E-state index contributed by atoms with van der Waals surface area (Å²) in [6.07, 6.45) is 5.16. The van der Waals surface area contributed by atoms with Gasteiger partial charge >= 0.3 is 0 Å². The molecule has 3 aromatic heterocycles. The van der Waals surface area contributed by atoms with Gasteiger partial charge in [0.2, 0.25) is 0 Å². The van der Waals surface area contributed by atoms with Crippen LogP contribution in [0, 0.1) is 0 Å². The Morgan fingerprint density at radius 2 is 2.00 bits per heavy atom. The predicted molar refractivity (Wildman–Crippen MR) is 88.2 cm³/mol. The van der Waals surface area contributed by atoms with E-state index in [-0.39, 0.29) is 0 Å². The fourth-order valence-corrected chi connectivity index (χ4v) is 2.85. The highest BCUT2D eigenvalue weighted by Crippen LogP contribution is 2.29. The second kappa shape index (κ2) is 5.50. The van der Waals surface area contributed by atoms with Crippen LogP contribution in [0.4, 0.5) is 11.6 Å². The van der Waals surface area contributed by atoms with E-state index in [1.165, 1.54) is 0 Å². The van der Waals surface area contributed by atoms with E-state index in [9.17, 15) is 0 Å². The van der Waals surface area contributed by atoms with Gasteiger partial charge in [-0.15, -0.1) is 11.3 Å². The van der Waals surface area contributed by atoms with Crippen molar-refractivity contribution >= 4 is 33.9 Å². The molecule has 1 aromatic carbocycles. The first kappa shape index (κ1) is 12.8. The molecular weight excluding hydrogens is 294 g/mol. The Morgan fingerprint density at radius 1 is 1.00 bits per heavy atom. The SMILES string of the molecule is c1ccc(Nc2ncnc3ccc(-c4cncs4)cc23)nc1. The van der Waals surface area contributed by atoms with E-state index in [0.717, 1.165) is 33.0 Å². The number of hydrogen-bond acceptors (Lipinski definition) is 6. The van der Waals surface area contributed by atoms with Crippen LogP contribution in [0.2, 0.25) is 0 Å². The Balaban J connectivity index is 1.82. The van der Waals surface area contributed by atoms with Crippen LogP contribution in [0.1, 0.15) is 0 Å². The van der Waals surface area contributed by atoms with Crippen molar-refractivity contribution in [2.24, 2.45) is 0 Å². The van der Waals surface area contributed by atoms with Crippen LogP contribution in [0.25, 0.3) is 21.3 Å². The third kappa shape index (κ3) is 2.40. The quantitative estimate of drug-likeness (QED) is 0.622. The summed E-state index contributed by atoms with van der Waals surface area (Å²) in [6, 6.07) is 11.8. The maximum absolute atomic E-state index is 4.35. The number of aromatic nitrogens is 4. The average Bonchev–Trinajstić information content (AvgIpc) is 3.10. The summed E-state index contributed by atoms with van der Waals surface area (Å²) in [5, 5.41) is 4.20. The Hall–Kier alpha value is -2.86. The molecule has 0 fully saturated rings. The van der Waals surface area contributed by atoms with Crippen molar-refractivity contribution in [3.63, 3.8) is 0 Å². The average molecular weight is 305 g/mol.